The number of hydrogen-bond acceptors (Lipinski definition) is 4. The Morgan fingerprint density at radius 2 is 1.62 bits per heavy atom. The molecule has 0 aliphatic heterocycles. The Hall–Kier alpha value is -3.57. The molecule has 0 fully saturated rings. The van der Waals surface area contributed by atoms with Crippen LogP contribution in [0.5, 0.6) is 11.5 Å². The fourth-order valence-corrected chi connectivity index (χ4v) is 4.15. The summed E-state index contributed by atoms with van der Waals surface area (Å²) in [5.74, 6) is 1.17. The maximum atomic E-state index is 13.5. The van der Waals surface area contributed by atoms with Crippen LogP contribution in [-0.2, 0) is 19.5 Å². The van der Waals surface area contributed by atoms with Gasteiger partial charge in [0.1, 0.15) is 5.15 Å². The van der Waals surface area contributed by atoms with Crippen LogP contribution in [0.4, 0.5) is 0 Å². The van der Waals surface area contributed by atoms with Crippen LogP contribution in [0.2, 0.25) is 5.15 Å². The number of aryl methyl sites for hydroxylation is 1. The predicted octanol–water partition coefficient (Wildman–Crippen LogP) is 6.31. The Bertz CT molecular complexity index is 1310. The lowest BCUT2D eigenvalue weighted by atomic mass is 10.1. The van der Waals surface area contributed by atoms with Crippen molar-refractivity contribution >= 4 is 28.4 Å². The van der Waals surface area contributed by atoms with Gasteiger partial charge in [-0.1, -0.05) is 48.9 Å². The summed E-state index contributed by atoms with van der Waals surface area (Å²) in [6, 6.07) is 23.1. The van der Waals surface area contributed by atoms with E-state index < -0.39 is 0 Å². The predicted molar refractivity (Wildman–Crippen MR) is 136 cm³/mol. The van der Waals surface area contributed by atoms with E-state index in [1.807, 2.05) is 60.7 Å². The molecule has 0 aliphatic carbocycles. The third-order valence-corrected chi connectivity index (χ3v) is 6.13. The van der Waals surface area contributed by atoms with E-state index in [1.54, 1.807) is 19.1 Å². The van der Waals surface area contributed by atoms with Crippen molar-refractivity contribution in [2.75, 3.05) is 14.2 Å². The average Bonchev–Trinajstić information content (AvgIpc) is 2.88. The Morgan fingerprint density at radius 3 is 2.32 bits per heavy atom. The SMILES string of the molecule is CCc1ccc2nc(Cl)c(CN(Cc3ccc(OC)c(OC)c3)C(=O)c3ccccc3)cc2c1. The van der Waals surface area contributed by atoms with Crippen LogP contribution in [0.25, 0.3) is 10.9 Å². The number of pyridine rings is 1. The first-order valence-electron chi connectivity index (χ1n) is 11.2. The molecule has 34 heavy (non-hydrogen) atoms. The van der Waals surface area contributed by atoms with Crippen molar-refractivity contribution in [2.45, 2.75) is 26.4 Å². The lowest BCUT2D eigenvalue weighted by molar-refractivity contribution is 0.0730. The first kappa shape index (κ1) is 23.6. The van der Waals surface area contributed by atoms with Gasteiger partial charge in [0.25, 0.3) is 5.91 Å². The number of benzene rings is 3. The molecule has 5 nitrogen and oxygen atoms in total. The lowest BCUT2D eigenvalue weighted by Gasteiger charge is -2.24. The molecule has 0 saturated heterocycles. The van der Waals surface area contributed by atoms with E-state index >= 15 is 0 Å². The minimum Gasteiger partial charge on any atom is -0.493 e. The molecule has 1 heterocycles. The van der Waals surface area contributed by atoms with Gasteiger partial charge in [0, 0.05) is 29.6 Å². The smallest absolute Gasteiger partial charge is 0.254 e. The van der Waals surface area contributed by atoms with Crippen LogP contribution in [-0.4, -0.2) is 30.0 Å². The van der Waals surface area contributed by atoms with Crippen molar-refractivity contribution in [2.24, 2.45) is 0 Å². The van der Waals surface area contributed by atoms with E-state index in [0.717, 1.165) is 28.5 Å². The van der Waals surface area contributed by atoms with Crippen molar-refractivity contribution in [3.63, 3.8) is 0 Å². The first-order chi connectivity index (χ1) is 16.5. The fourth-order valence-electron chi connectivity index (χ4n) is 3.94. The van der Waals surface area contributed by atoms with Crippen molar-refractivity contribution in [1.29, 1.82) is 0 Å². The number of methoxy groups -OCH3 is 2. The van der Waals surface area contributed by atoms with Gasteiger partial charge in [-0.25, -0.2) is 4.98 Å². The first-order valence-corrected chi connectivity index (χ1v) is 11.5. The van der Waals surface area contributed by atoms with Gasteiger partial charge in [-0.15, -0.1) is 0 Å². The largest absolute Gasteiger partial charge is 0.493 e. The Labute approximate surface area is 204 Å². The summed E-state index contributed by atoms with van der Waals surface area (Å²) >= 11 is 6.58. The van der Waals surface area contributed by atoms with Gasteiger partial charge in [0.15, 0.2) is 11.5 Å². The number of fused-ring (bicyclic) bond motifs is 1. The second-order valence-electron chi connectivity index (χ2n) is 8.04. The molecule has 0 unspecified atom stereocenters. The molecule has 6 heteroatoms. The maximum absolute atomic E-state index is 13.5. The number of amides is 1. The zero-order valence-corrected chi connectivity index (χ0v) is 20.3. The summed E-state index contributed by atoms with van der Waals surface area (Å²) in [7, 11) is 3.20. The molecule has 1 amide bonds. The highest BCUT2D eigenvalue weighted by molar-refractivity contribution is 6.30. The van der Waals surface area contributed by atoms with Crippen molar-refractivity contribution in [3.8, 4) is 11.5 Å². The number of aromatic nitrogens is 1. The quantitative estimate of drug-likeness (QED) is 0.281. The van der Waals surface area contributed by atoms with Crippen LogP contribution < -0.4 is 9.47 Å². The van der Waals surface area contributed by atoms with E-state index in [1.165, 1.54) is 5.56 Å². The molecule has 0 radical (unpaired) electrons. The molecule has 0 saturated carbocycles. The number of halogens is 1. The third kappa shape index (κ3) is 5.15. The van der Waals surface area contributed by atoms with Gasteiger partial charge in [-0.2, -0.15) is 0 Å². The van der Waals surface area contributed by atoms with Crippen molar-refractivity contribution in [1.82, 2.24) is 9.88 Å². The van der Waals surface area contributed by atoms with Crippen LogP contribution >= 0.6 is 11.6 Å². The number of hydrogen-bond donors (Lipinski definition) is 0. The highest BCUT2D eigenvalue weighted by Crippen LogP contribution is 2.29. The molecule has 4 aromatic rings. The van der Waals surface area contributed by atoms with Crippen LogP contribution in [0.1, 0.15) is 34.0 Å². The van der Waals surface area contributed by atoms with Gasteiger partial charge in [-0.3, -0.25) is 4.79 Å². The maximum Gasteiger partial charge on any atom is 0.254 e. The molecular weight excluding hydrogens is 448 g/mol. The summed E-state index contributed by atoms with van der Waals surface area (Å²) in [5, 5.41) is 1.41. The monoisotopic (exact) mass is 474 g/mol. The molecular formula is C28H27ClN2O3. The van der Waals surface area contributed by atoms with Gasteiger partial charge in [0.05, 0.1) is 19.7 Å². The molecule has 0 aliphatic rings. The number of carbonyl (C=O) groups is 1. The zero-order valence-electron chi connectivity index (χ0n) is 19.5. The van der Waals surface area contributed by atoms with E-state index in [0.29, 0.717) is 35.3 Å². The number of ether oxygens (including phenoxy) is 2. The molecule has 0 bridgehead atoms. The highest BCUT2D eigenvalue weighted by Gasteiger charge is 2.19. The molecule has 4 rings (SSSR count). The summed E-state index contributed by atoms with van der Waals surface area (Å²) in [6.07, 6.45) is 0.936. The third-order valence-electron chi connectivity index (χ3n) is 5.80. The van der Waals surface area contributed by atoms with E-state index in [9.17, 15) is 4.79 Å². The van der Waals surface area contributed by atoms with Crippen molar-refractivity contribution in [3.05, 3.63) is 100 Å². The standard InChI is InChI=1S/C28H27ClN2O3/c1-4-19-10-12-24-22(14-19)16-23(27(29)30-24)18-31(28(32)21-8-6-5-7-9-21)17-20-11-13-25(33-2)26(15-20)34-3/h5-16H,4,17-18H2,1-3H3. The van der Waals surface area contributed by atoms with E-state index in [4.69, 9.17) is 21.1 Å². The van der Waals surface area contributed by atoms with Crippen LogP contribution in [0.3, 0.4) is 0 Å². The molecule has 3 aromatic carbocycles. The Morgan fingerprint density at radius 1 is 0.882 bits per heavy atom. The van der Waals surface area contributed by atoms with Gasteiger partial charge < -0.3 is 14.4 Å². The van der Waals surface area contributed by atoms with E-state index in [2.05, 4.69) is 24.0 Å². The minimum absolute atomic E-state index is 0.0890. The minimum atomic E-state index is -0.0890. The molecule has 0 N–H and O–H groups in total. The number of rotatable bonds is 8. The average molecular weight is 475 g/mol. The second kappa shape index (κ2) is 10.6. The topological polar surface area (TPSA) is 51.7 Å². The lowest BCUT2D eigenvalue weighted by Crippen LogP contribution is -2.30. The summed E-state index contributed by atoms with van der Waals surface area (Å²) in [5.41, 5.74) is 4.39. The molecule has 0 atom stereocenters. The summed E-state index contributed by atoms with van der Waals surface area (Å²) in [4.78, 5) is 19.9. The molecule has 174 valence electrons. The van der Waals surface area contributed by atoms with Crippen LogP contribution in [0, 0.1) is 0 Å². The van der Waals surface area contributed by atoms with E-state index in [-0.39, 0.29) is 5.91 Å². The highest BCUT2D eigenvalue weighted by atomic mass is 35.5. The molecule has 0 spiro atoms. The van der Waals surface area contributed by atoms with Gasteiger partial charge >= 0.3 is 0 Å². The Balaban J connectivity index is 1.71. The second-order valence-corrected chi connectivity index (χ2v) is 8.39. The number of nitrogens with zero attached hydrogens (tertiary/aromatic N) is 2. The summed E-state index contributed by atoms with van der Waals surface area (Å²) in [6.45, 7) is 2.81. The summed E-state index contributed by atoms with van der Waals surface area (Å²) < 4.78 is 10.8. The zero-order chi connectivity index (χ0) is 24.1. The number of carbonyl (C=O) groups excluding carboxylic acids is 1. The van der Waals surface area contributed by atoms with Crippen molar-refractivity contribution < 1.29 is 14.3 Å². The Kier molecular flexibility index (Phi) is 7.33. The van der Waals surface area contributed by atoms with Gasteiger partial charge in [0.2, 0.25) is 0 Å². The molecule has 1 aromatic heterocycles. The fraction of sp³-hybridized carbons (Fsp3) is 0.214. The van der Waals surface area contributed by atoms with Gasteiger partial charge in [-0.05, 0) is 60.0 Å². The normalized spacial score (nSPS) is 10.8. The van der Waals surface area contributed by atoms with Crippen LogP contribution in [0.15, 0.2) is 72.8 Å².